The van der Waals surface area contributed by atoms with Crippen LogP contribution in [0.15, 0.2) is 60.8 Å². The first-order valence-electron chi connectivity index (χ1n) is 10.9. The summed E-state index contributed by atoms with van der Waals surface area (Å²) in [7, 11) is 0. The molecule has 2 aliphatic rings. The van der Waals surface area contributed by atoms with E-state index in [-0.39, 0.29) is 16.4 Å². The molecule has 1 aromatic carbocycles. The van der Waals surface area contributed by atoms with Gasteiger partial charge in [0.05, 0.1) is 11.3 Å². The molecule has 1 unspecified atom stereocenters. The molecule has 2 fully saturated rings. The Morgan fingerprint density at radius 3 is 2.40 bits per heavy atom. The van der Waals surface area contributed by atoms with Gasteiger partial charge in [0.2, 0.25) is 5.91 Å². The number of ether oxygens (including phenoxy) is 1. The van der Waals surface area contributed by atoms with Crippen LogP contribution in [0.2, 0.25) is 0 Å². The predicted octanol–water partition coefficient (Wildman–Crippen LogP) is 2.74. The maximum Gasteiger partial charge on any atom is 0.328 e. The lowest BCUT2D eigenvalue weighted by Gasteiger charge is -2.25. The topological polar surface area (TPSA) is 146 Å². The zero-order valence-corrected chi connectivity index (χ0v) is 19.5. The standard InChI is InChI=1S/C20H21N3O3S.C4H4O4/c24-19-17(27-20(25)22-19)12-14-6-8-16(9-7-14)26-13-15-4-3-11-23(15)18-5-1-2-10-21-18;5-3(6)1-2-4(7)8/h1-2,5-10,15,17H,3-4,11-13H2,(H,22,24,25);1-2H,(H,5,6)(H,7,8)/b;2-1-/t15-,17?;/m0./s1. The third-order valence-corrected chi connectivity index (χ3v) is 6.22. The zero-order valence-electron chi connectivity index (χ0n) is 18.7. The molecule has 0 radical (unpaired) electrons. The maximum atomic E-state index is 11.7. The number of carboxylic acids is 2. The van der Waals surface area contributed by atoms with Crippen LogP contribution in [-0.4, -0.2) is 62.7 Å². The van der Waals surface area contributed by atoms with Crippen molar-refractivity contribution in [1.82, 2.24) is 10.3 Å². The first-order chi connectivity index (χ1) is 16.8. The van der Waals surface area contributed by atoms with Crippen LogP contribution in [0.3, 0.4) is 0 Å². The highest BCUT2D eigenvalue weighted by Crippen LogP contribution is 2.26. The van der Waals surface area contributed by atoms with Crippen molar-refractivity contribution in [3.63, 3.8) is 0 Å². The van der Waals surface area contributed by atoms with Crippen LogP contribution in [0.1, 0.15) is 18.4 Å². The number of carbonyl (C=O) groups is 4. The number of pyridine rings is 1. The largest absolute Gasteiger partial charge is 0.491 e. The van der Waals surface area contributed by atoms with Crippen LogP contribution in [-0.2, 0) is 20.8 Å². The van der Waals surface area contributed by atoms with E-state index in [0.717, 1.165) is 48.3 Å². The van der Waals surface area contributed by atoms with E-state index >= 15 is 0 Å². The summed E-state index contributed by atoms with van der Waals surface area (Å²) < 4.78 is 6.00. The summed E-state index contributed by atoms with van der Waals surface area (Å²) in [5, 5.41) is 17.3. The average Bonchev–Trinajstić information content (AvgIpc) is 3.43. The van der Waals surface area contributed by atoms with E-state index in [2.05, 4.69) is 15.2 Å². The smallest absolute Gasteiger partial charge is 0.328 e. The number of aliphatic carboxylic acids is 2. The van der Waals surface area contributed by atoms with E-state index in [0.29, 0.717) is 31.2 Å². The van der Waals surface area contributed by atoms with Gasteiger partial charge in [-0.15, -0.1) is 0 Å². The molecular formula is C24H25N3O7S. The number of thioether (sulfide) groups is 1. The third kappa shape index (κ3) is 8.14. The lowest BCUT2D eigenvalue weighted by Crippen LogP contribution is -2.34. The van der Waals surface area contributed by atoms with E-state index in [9.17, 15) is 19.2 Å². The van der Waals surface area contributed by atoms with Crippen molar-refractivity contribution in [1.29, 1.82) is 0 Å². The molecule has 3 N–H and O–H groups in total. The Bertz CT molecular complexity index is 1060. The molecule has 11 heteroatoms. The molecule has 0 saturated carbocycles. The predicted molar refractivity (Wildman–Crippen MR) is 130 cm³/mol. The maximum absolute atomic E-state index is 11.7. The zero-order chi connectivity index (χ0) is 25.2. The number of nitrogens with one attached hydrogen (secondary N) is 1. The van der Waals surface area contributed by atoms with Gasteiger partial charge < -0.3 is 19.8 Å². The number of hydrogen-bond acceptors (Lipinski definition) is 8. The molecule has 2 aliphatic heterocycles. The fourth-order valence-corrected chi connectivity index (χ4v) is 4.49. The Labute approximate surface area is 206 Å². The molecule has 3 heterocycles. The summed E-state index contributed by atoms with van der Waals surface area (Å²) in [6, 6.07) is 14.1. The minimum Gasteiger partial charge on any atom is -0.491 e. The summed E-state index contributed by atoms with van der Waals surface area (Å²) in [6.07, 6.45) is 5.71. The van der Waals surface area contributed by atoms with E-state index in [1.807, 2.05) is 48.7 Å². The third-order valence-electron chi connectivity index (χ3n) is 5.24. The molecule has 0 bridgehead atoms. The number of benzene rings is 1. The number of imide groups is 1. The molecule has 4 rings (SSSR count). The molecule has 0 spiro atoms. The van der Waals surface area contributed by atoms with Gasteiger partial charge in [0.1, 0.15) is 18.2 Å². The monoisotopic (exact) mass is 499 g/mol. The van der Waals surface area contributed by atoms with Gasteiger partial charge >= 0.3 is 11.9 Å². The number of nitrogens with zero attached hydrogens (tertiary/aromatic N) is 2. The van der Waals surface area contributed by atoms with Crippen LogP contribution in [0.4, 0.5) is 10.6 Å². The second-order valence-corrected chi connectivity index (χ2v) is 8.91. The molecule has 2 amide bonds. The van der Waals surface area contributed by atoms with Gasteiger partial charge in [-0.3, -0.25) is 14.9 Å². The highest BCUT2D eigenvalue weighted by Gasteiger charge is 2.31. The highest BCUT2D eigenvalue weighted by molar-refractivity contribution is 8.15. The first kappa shape index (κ1) is 25.8. The van der Waals surface area contributed by atoms with Crippen LogP contribution in [0.5, 0.6) is 5.75 Å². The number of anilines is 1. The number of aromatic nitrogens is 1. The average molecular weight is 500 g/mol. The normalized spacial score (nSPS) is 19.3. The van der Waals surface area contributed by atoms with Gasteiger partial charge in [-0.05, 0) is 49.1 Å². The quantitative estimate of drug-likeness (QED) is 0.463. The minimum atomic E-state index is -1.26. The molecule has 35 heavy (non-hydrogen) atoms. The van der Waals surface area contributed by atoms with Gasteiger partial charge in [-0.25, -0.2) is 14.6 Å². The highest BCUT2D eigenvalue weighted by atomic mass is 32.2. The van der Waals surface area contributed by atoms with Crippen molar-refractivity contribution < 1.29 is 34.1 Å². The lowest BCUT2D eigenvalue weighted by atomic mass is 10.1. The van der Waals surface area contributed by atoms with Crippen molar-refractivity contribution >= 4 is 40.7 Å². The van der Waals surface area contributed by atoms with E-state index in [4.69, 9.17) is 14.9 Å². The molecule has 2 saturated heterocycles. The van der Waals surface area contributed by atoms with Crippen LogP contribution < -0.4 is 15.0 Å². The molecule has 0 aliphatic carbocycles. The van der Waals surface area contributed by atoms with Crippen molar-refractivity contribution in [2.75, 3.05) is 18.1 Å². The number of amides is 2. The molecule has 2 atom stereocenters. The summed E-state index contributed by atoms with van der Waals surface area (Å²) in [4.78, 5) is 48.8. The Kier molecular flexibility index (Phi) is 9.24. The Hall–Kier alpha value is -3.86. The fraction of sp³-hybridized carbons (Fsp3) is 0.292. The van der Waals surface area contributed by atoms with Gasteiger partial charge in [0, 0.05) is 24.9 Å². The SMILES string of the molecule is O=C(O)/C=C\C(=O)O.O=C1NC(=O)C(Cc2ccc(OC[C@@H]3CCCN3c3ccccn3)cc2)S1. The first-order valence-corrected chi connectivity index (χ1v) is 11.7. The molecular weight excluding hydrogens is 474 g/mol. The number of rotatable bonds is 8. The van der Waals surface area contributed by atoms with Crippen LogP contribution in [0, 0.1) is 0 Å². The fourth-order valence-electron chi connectivity index (χ4n) is 3.63. The van der Waals surface area contributed by atoms with Crippen LogP contribution >= 0.6 is 11.8 Å². The summed E-state index contributed by atoms with van der Waals surface area (Å²) >= 11 is 1.06. The van der Waals surface area contributed by atoms with Crippen LogP contribution in [0.25, 0.3) is 0 Å². The van der Waals surface area contributed by atoms with Crippen molar-refractivity contribution in [2.24, 2.45) is 0 Å². The molecule has 1 aromatic heterocycles. The second-order valence-electron chi connectivity index (χ2n) is 7.73. The van der Waals surface area contributed by atoms with E-state index in [1.54, 1.807) is 0 Å². The molecule has 184 valence electrons. The Balaban J connectivity index is 0.000000371. The Morgan fingerprint density at radius 1 is 1.11 bits per heavy atom. The number of hydrogen-bond donors (Lipinski definition) is 3. The molecule has 2 aromatic rings. The summed E-state index contributed by atoms with van der Waals surface area (Å²) in [6.45, 7) is 1.62. The van der Waals surface area contributed by atoms with Crippen molar-refractivity contribution in [3.8, 4) is 5.75 Å². The summed E-state index contributed by atoms with van der Waals surface area (Å²) in [5.41, 5.74) is 1.01. The minimum absolute atomic E-state index is 0.207. The second kappa shape index (κ2) is 12.6. The summed E-state index contributed by atoms with van der Waals surface area (Å²) in [5.74, 6) is -0.909. The molecule has 10 nitrogen and oxygen atoms in total. The van der Waals surface area contributed by atoms with Gasteiger partial charge in [-0.1, -0.05) is 30.0 Å². The number of carbonyl (C=O) groups excluding carboxylic acids is 2. The van der Waals surface area contributed by atoms with Crippen molar-refractivity contribution in [2.45, 2.75) is 30.6 Å². The van der Waals surface area contributed by atoms with Crippen molar-refractivity contribution in [3.05, 3.63) is 66.4 Å². The van der Waals surface area contributed by atoms with Gasteiger partial charge in [-0.2, -0.15) is 0 Å². The Morgan fingerprint density at radius 2 is 1.83 bits per heavy atom. The van der Waals surface area contributed by atoms with E-state index in [1.165, 1.54) is 0 Å². The van der Waals surface area contributed by atoms with E-state index < -0.39 is 11.9 Å². The lowest BCUT2D eigenvalue weighted by molar-refractivity contribution is -0.134. The van der Waals surface area contributed by atoms with Gasteiger partial charge in [0.15, 0.2) is 0 Å². The van der Waals surface area contributed by atoms with Gasteiger partial charge in [0.25, 0.3) is 5.24 Å². The number of carboxylic acid groups (broad SMARTS) is 2.